The SMILES string of the molecule is Cc1[nH]c(=O)sc1S(=O)(=O)Nc1ccncc1F. The Bertz CT molecular complexity index is 736. The van der Waals surface area contributed by atoms with E-state index in [1.807, 2.05) is 0 Å². The number of hydrogen-bond acceptors (Lipinski definition) is 5. The lowest BCUT2D eigenvalue weighted by Gasteiger charge is -2.06. The third-order valence-electron chi connectivity index (χ3n) is 2.04. The van der Waals surface area contributed by atoms with E-state index in [0.29, 0.717) is 11.3 Å². The van der Waals surface area contributed by atoms with Crippen LogP contribution >= 0.6 is 11.3 Å². The Morgan fingerprint density at radius 1 is 1.50 bits per heavy atom. The van der Waals surface area contributed by atoms with Crippen LogP contribution in [0.25, 0.3) is 0 Å². The van der Waals surface area contributed by atoms with E-state index in [-0.39, 0.29) is 15.6 Å². The maximum absolute atomic E-state index is 13.3. The van der Waals surface area contributed by atoms with Crippen molar-refractivity contribution in [2.24, 2.45) is 0 Å². The largest absolute Gasteiger partial charge is 0.315 e. The highest BCUT2D eigenvalue weighted by molar-refractivity contribution is 7.94. The summed E-state index contributed by atoms with van der Waals surface area (Å²) in [7, 11) is -3.98. The average molecular weight is 289 g/mol. The molecule has 0 saturated carbocycles. The Balaban J connectivity index is 2.43. The van der Waals surface area contributed by atoms with Crippen molar-refractivity contribution >= 4 is 27.0 Å². The van der Waals surface area contributed by atoms with E-state index in [4.69, 9.17) is 0 Å². The molecular formula is C9H8FN3O3S2. The third kappa shape index (κ3) is 2.41. The molecule has 0 radical (unpaired) electrons. The zero-order valence-corrected chi connectivity index (χ0v) is 10.7. The maximum atomic E-state index is 13.3. The van der Waals surface area contributed by atoms with Crippen LogP contribution in [-0.2, 0) is 10.0 Å². The zero-order chi connectivity index (χ0) is 13.3. The van der Waals surface area contributed by atoms with Gasteiger partial charge in [-0.1, -0.05) is 11.3 Å². The van der Waals surface area contributed by atoms with Crippen LogP contribution in [0.5, 0.6) is 0 Å². The second-order valence-corrected chi connectivity index (χ2v) is 6.25. The van der Waals surface area contributed by atoms with Gasteiger partial charge in [-0.25, -0.2) is 12.8 Å². The van der Waals surface area contributed by atoms with E-state index < -0.39 is 20.7 Å². The highest BCUT2D eigenvalue weighted by atomic mass is 32.2. The second-order valence-electron chi connectivity index (χ2n) is 3.39. The number of nitrogens with zero attached hydrogens (tertiary/aromatic N) is 1. The van der Waals surface area contributed by atoms with Crippen molar-refractivity contribution in [3.8, 4) is 0 Å². The molecule has 0 aliphatic carbocycles. The normalized spacial score (nSPS) is 11.4. The van der Waals surface area contributed by atoms with Crippen LogP contribution in [0.2, 0.25) is 0 Å². The number of rotatable bonds is 3. The van der Waals surface area contributed by atoms with E-state index in [9.17, 15) is 17.6 Å². The van der Waals surface area contributed by atoms with Crippen LogP contribution in [0.15, 0.2) is 27.5 Å². The fourth-order valence-corrected chi connectivity index (χ4v) is 3.67. The molecule has 2 aromatic rings. The minimum atomic E-state index is -3.98. The van der Waals surface area contributed by atoms with Crippen LogP contribution in [-0.4, -0.2) is 18.4 Å². The molecule has 2 N–H and O–H groups in total. The molecule has 2 aromatic heterocycles. The zero-order valence-electron chi connectivity index (χ0n) is 9.10. The molecule has 96 valence electrons. The van der Waals surface area contributed by atoms with Gasteiger partial charge < -0.3 is 4.98 Å². The fourth-order valence-electron chi connectivity index (χ4n) is 1.30. The summed E-state index contributed by atoms with van der Waals surface area (Å²) in [5.74, 6) is -0.790. The van der Waals surface area contributed by atoms with Gasteiger partial charge in [-0.15, -0.1) is 0 Å². The monoisotopic (exact) mass is 289 g/mol. The summed E-state index contributed by atoms with van der Waals surface area (Å²) in [4.78, 5) is 16.4. The third-order valence-corrected chi connectivity index (χ3v) is 5.01. The first-order valence-corrected chi connectivity index (χ1v) is 7.02. The van der Waals surface area contributed by atoms with Crippen LogP contribution in [0.4, 0.5) is 10.1 Å². The lowest BCUT2D eigenvalue weighted by atomic mass is 10.4. The summed E-state index contributed by atoms with van der Waals surface area (Å²) >= 11 is 0.547. The van der Waals surface area contributed by atoms with Gasteiger partial charge in [0.15, 0.2) is 10.0 Å². The maximum Gasteiger partial charge on any atom is 0.306 e. The van der Waals surface area contributed by atoms with Crippen molar-refractivity contribution in [1.82, 2.24) is 9.97 Å². The number of H-pyrrole nitrogens is 1. The first kappa shape index (κ1) is 12.7. The summed E-state index contributed by atoms with van der Waals surface area (Å²) in [5, 5.41) is 0. The molecule has 0 aliphatic heterocycles. The van der Waals surface area contributed by atoms with Gasteiger partial charge >= 0.3 is 4.87 Å². The molecule has 0 fully saturated rings. The van der Waals surface area contributed by atoms with E-state index in [1.165, 1.54) is 19.2 Å². The van der Waals surface area contributed by atoms with Gasteiger partial charge in [0, 0.05) is 11.9 Å². The van der Waals surface area contributed by atoms with Gasteiger partial charge in [0.25, 0.3) is 10.0 Å². The van der Waals surface area contributed by atoms with E-state index in [0.717, 1.165) is 6.20 Å². The number of nitrogens with one attached hydrogen (secondary N) is 2. The average Bonchev–Trinajstić information content (AvgIpc) is 2.62. The second kappa shape index (κ2) is 4.50. The molecule has 0 unspecified atom stereocenters. The molecule has 0 bridgehead atoms. The number of sulfonamides is 1. The highest BCUT2D eigenvalue weighted by Crippen LogP contribution is 2.21. The molecule has 0 atom stereocenters. The molecular weight excluding hydrogens is 281 g/mol. The molecule has 2 rings (SSSR count). The number of aryl methyl sites for hydroxylation is 1. The lowest BCUT2D eigenvalue weighted by Crippen LogP contribution is -2.13. The molecule has 18 heavy (non-hydrogen) atoms. The first-order chi connectivity index (χ1) is 8.40. The smallest absolute Gasteiger partial charge is 0.306 e. The minimum absolute atomic E-state index is 0.163. The van der Waals surface area contributed by atoms with Gasteiger partial charge in [-0.05, 0) is 13.0 Å². The van der Waals surface area contributed by atoms with Crippen LogP contribution in [0, 0.1) is 12.7 Å². The molecule has 0 spiro atoms. The molecule has 6 nitrogen and oxygen atoms in total. The van der Waals surface area contributed by atoms with E-state index >= 15 is 0 Å². The van der Waals surface area contributed by atoms with Gasteiger partial charge in [0.05, 0.1) is 11.9 Å². The Hall–Kier alpha value is -1.74. The van der Waals surface area contributed by atoms with Crippen molar-refractivity contribution in [2.75, 3.05) is 4.72 Å². The summed E-state index contributed by atoms with van der Waals surface area (Å²) in [6.45, 7) is 1.45. The topological polar surface area (TPSA) is 91.9 Å². The van der Waals surface area contributed by atoms with Gasteiger partial charge in [-0.2, -0.15) is 0 Å². The van der Waals surface area contributed by atoms with Crippen LogP contribution in [0.1, 0.15) is 5.69 Å². The van der Waals surface area contributed by atoms with Crippen molar-refractivity contribution in [3.05, 3.63) is 39.6 Å². The Labute approximate surface area is 106 Å². The molecule has 0 saturated heterocycles. The number of halogens is 1. The van der Waals surface area contributed by atoms with Gasteiger partial charge in [0.1, 0.15) is 0 Å². The number of pyridine rings is 1. The van der Waals surface area contributed by atoms with Crippen molar-refractivity contribution < 1.29 is 12.8 Å². The van der Waals surface area contributed by atoms with E-state index in [2.05, 4.69) is 14.7 Å². The molecule has 0 aliphatic rings. The number of hydrogen-bond donors (Lipinski definition) is 2. The van der Waals surface area contributed by atoms with Crippen molar-refractivity contribution in [3.63, 3.8) is 0 Å². The summed E-state index contributed by atoms with van der Waals surface area (Å²) in [5.41, 5.74) is -0.00258. The fraction of sp³-hybridized carbons (Fsp3) is 0.111. The quantitative estimate of drug-likeness (QED) is 0.884. The predicted molar refractivity (Wildman–Crippen MR) is 64.7 cm³/mol. The van der Waals surface area contributed by atoms with Gasteiger partial charge in [-0.3, -0.25) is 14.5 Å². The Morgan fingerprint density at radius 2 is 2.22 bits per heavy atom. The van der Waals surface area contributed by atoms with E-state index in [1.54, 1.807) is 0 Å². The Morgan fingerprint density at radius 3 is 2.78 bits per heavy atom. The molecule has 9 heteroatoms. The van der Waals surface area contributed by atoms with Crippen LogP contribution < -0.4 is 9.60 Å². The van der Waals surface area contributed by atoms with Crippen LogP contribution in [0.3, 0.4) is 0 Å². The standard InChI is InChI=1S/C9H8FN3O3S2/c1-5-8(17-9(14)12-5)18(15,16)13-7-2-3-11-4-6(7)10/h2-4H,1H3,(H,11,13)(H,12,14). The summed E-state index contributed by atoms with van der Waals surface area (Å²) < 4.78 is 39.1. The molecule has 0 aromatic carbocycles. The van der Waals surface area contributed by atoms with Crippen molar-refractivity contribution in [2.45, 2.75) is 11.1 Å². The number of aromatic amines is 1. The number of aromatic nitrogens is 2. The first-order valence-electron chi connectivity index (χ1n) is 4.72. The number of thiazole rings is 1. The van der Waals surface area contributed by atoms with Crippen molar-refractivity contribution in [1.29, 1.82) is 0 Å². The minimum Gasteiger partial charge on any atom is -0.315 e. The molecule has 0 amide bonds. The molecule has 2 heterocycles. The summed E-state index contributed by atoms with van der Waals surface area (Å²) in [6, 6.07) is 1.19. The number of anilines is 1. The predicted octanol–water partition coefficient (Wildman–Crippen LogP) is 1.08. The summed E-state index contributed by atoms with van der Waals surface area (Å²) in [6.07, 6.45) is 2.15. The lowest BCUT2D eigenvalue weighted by molar-refractivity contribution is 0.599. The highest BCUT2D eigenvalue weighted by Gasteiger charge is 2.21. The Kier molecular flexibility index (Phi) is 3.18. The van der Waals surface area contributed by atoms with Gasteiger partial charge in [0.2, 0.25) is 0 Å².